The van der Waals surface area contributed by atoms with Crippen LogP contribution in [-0.2, 0) is 4.74 Å². The maximum atomic E-state index is 6.01. The minimum atomic E-state index is -0.0326. The summed E-state index contributed by atoms with van der Waals surface area (Å²) in [5, 5.41) is 7.57. The van der Waals surface area contributed by atoms with Crippen LogP contribution in [0.2, 0.25) is 5.02 Å². The van der Waals surface area contributed by atoms with Crippen molar-refractivity contribution in [1.82, 2.24) is 15.5 Å². The van der Waals surface area contributed by atoms with Gasteiger partial charge in [-0.3, -0.25) is 0 Å². The fourth-order valence-electron chi connectivity index (χ4n) is 3.06. The van der Waals surface area contributed by atoms with E-state index in [0.29, 0.717) is 17.6 Å². The van der Waals surface area contributed by atoms with Crippen molar-refractivity contribution in [3.63, 3.8) is 0 Å². The van der Waals surface area contributed by atoms with E-state index in [0.717, 1.165) is 57.3 Å². The van der Waals surface area contributed by atoms with Gasteiger partial charge < -0.3 is 25.0 Å². The summed E-state index contributed by atoms with van der Waals surface area (Å²) in [5.41, 5.74) is 0. The highest BCUT2D eigenvalue weighted by atomic mass is 127. The van der Waals surface area contributed by atoms with Crippen LogP contribution in [0.4, 0.5) is 0 Å². The van der Waals surface area contributed by atoms with Crippen LogP contribution in [0.15, 0.2) is 29.3 Å². The third-order valence-electron chi connectivity index (χ3n) is 4.52. The molecule has 2 rings (SSSR count). The van der Waals surface area contributed by atoms with E-state index in [1.54, 1.807) is 7.11 Å². The van der Waals surface area contributed by atoms with Gasteiger partial charge in [0.25, 0.3) is 0 Å². The van der Waals surface area contributed by atoms with Crippen molar-refractivity contribution in [1.29, 1.82) is 0 Å². The smallest absolute Gasteiger partial charge is 0.191 e. The summed E-state index contributed by atoms with van der Waals surface area (Å²) in [5.74, 6) is 1.63. The van der Waals surface area contributed by atoms with Crippen molar-refractivity contribution in [3.8, 4) is 5.75 Å². The van der Waals surface area contributed by atoms with Crippen LogP contribution < -0.4 is 15.4 Å². The Labute approximate surface area is 191 Å². The SMILES string of the molecule is CCNC(=NCC(C)Oc1cccc(Cl)c1)NC1CCN(CCOC)CC1.I. The molecule has 1 aliphatic rings. The largest absolute Gasteiger partial charge is 0.489 e. The number of guanidine groups is 1. The second kappa shape index (κ2) is 14.3. The number of rotatable bonds is 9. The Kier molecular flexibility index (Phi) is 12.9. The first-order valence-electron chi connectivity index (χ1n) is 9.79. The summed E-state index contributed by atoms with van der Waals surface area (Å²) >= 11 is 6.01. The van der Waals surface area contributed by atoms with Gasteiger partial charge >= 0.3 is 0 Å². The number of ether oxygens (including phenoxy) is 2. The van der Waals surface area contributed by atoms with Gasteiger partial charge in [0.1, 0.15) is 11.9 Å². The number of benzene rings is 1. The highest BCUT2D eigenvalue weighted by Crippen LogP contribution is 2.18. The standard InChI is InChI=1S/C20H33ClN4O2.HI/c1-4-22-20(24-18-8-10-25(11-9-18)12-13-26-3)23-15-16(2)27-19-7-5-6-17(21)14-19;/h5-7,14,16,18H,4,8-13,15H2,1-3H3,(H2,22,23,24);1H. The highest BCUT2D eigenvalue weighted by molar-refractivity contribution is 14.0. The maximum absolute atomic E-state index is 6.01. The van der Waals surface area contributed by atoms with Crippen LogP contribution in [0.25, 0.3) is 0 Å². The van der Waals surface area contributed by atoms with E-state index in [2.05, 4.69) is 22.5 Å². The molecule has 1 aromatic rings. The molecular formula is C20H34ClIN4O2. The number of hydrogen-bond acceptors (Lipinski definition) is 4. The third-order valence-corrected chi connectivity index (χ3v) is 4.76. The number of piperidine rings is 1. The maximum Gasteiger partial charge on any atom is 0.191 e. The molecule has 0 bridgehead atoms. The Bertz CT molecular complexity index is 583. The number of likely N-dealkylation sites (tertiary alicyclic amines) is 1. The van der Waals surface area contributed by atoms with Crippen molar-refractivity contribution in [2.24, 2.45) is 4.99 Å². The van der Waals surface area contributed by atoms with Gasteiger partial charge in [-0.25, -0.2) is 4.99 Å². The van der Waals surface area contributed by atoms with Gasteiger partial charge in [0, 0.05) is 44.4 Å². The molecule has 2 N–H and O–H groups in total. The monoisotopic (exact) mass is 524 g/mol. The number of hydrogen-bond donors (Lipinski definition) is 2. The molecule has 8 heteroatoms. The van der Waals surface area contributed by atoms with Gasteiger partial charge in [-0.2, -0.15) is 0 Å². The first-order valence-corrected chi connectivity index (χ1v) is 10.2. The number of methoxy groups -OCH3 is 1. The number of nitrogens with one attached hydrogen (secondary N) is 2. The van der Waals surface area contributed by atoms with Gasteiger partial charge in [-0.15, -0.1) is 24.0 Å². The quantitative estimate of drug-likeness (QED) is 0.295. The van der Waals surface area contributed by atoms with E-state index in [4.69, 9.17) is 26.1 Å². The lowest BCUT2D eigenvalue weighted by Gasteiger charge is -2.32. The molecule has 1 heterocycles. The zero-order valence-corrected chi connectivity index (χ0v) is 20.2. The predicted molar refractivity (Wildman–Crippen MR) is 127 cm³/mol. The third kappa shape index (κ3) is 9.62. The molecule has 0 amide bonds. The summed E-state index contributed by atoms with van der Waals surface area (Å²) < 4.78 is 11.1. The lowest BCUT2D eigenvalue weighted by molar-refractivity contribution is 0.128. The fourth-order valence-corrected chi connectivity index (χ4v) is 3.24. The minimum Gasteiger partial charge on any atom is -0.489 e. The van der Waals surface area contributed by atoms with Crippen molar-refractivity contribution >= 4 is 41.5 Å². The minimum absolute atomic E-state index is 0. The zero-order valence-electron chi connectivity index (χ0n) is 17.1. The summed E-state index contributed by atoms with van der Waals surface area (Å²) in [6.45, 7) is 9.50. The molecule has 0 spiro atoms. The number of aliphatic imine (C=N–C) groups is 1. The van der Waals surface area contributed by atoms with Gasteiger partial charge in [-0.1, -0.05) is 17.7 Å². The second-order valence-electron chi connectivity index (χ2n) is 6.86. The molecule has 6 nitrogen and oxygen atoms in total. The van der Waals surface area contributed by atoms with Crippen molar-refractivity contribution < 1.29 is 9.47 Å². The molecule has 160 valence electrons. The van der Waals surface area contributed by atoms with Gasteiger partial charge in [0.15, 0.2) is 5.96 Å². The predicted octanol–water partition coefficient (Wildman–Crippen LogP) is 3.39. The molecule has 28 heavy (non-hydrogen) atoms. The lowest BCUT2D eigenvalue weighted by Crippen LogP contribution is -2.49. The summed E-state index contributed by atoms with van der Waals surface area (Å²) in [7, 11) is 1.75. The summed E-state index contributed by atoms with van der Waals surface area (Å²) in [6.07, 6.45) is 2.19. The average molecular weight is 525 g/mol. The Morgan fingerprint density at radius 2 is 2.11 bits per heavy atom. The van der Waals surface area contributed by atoms with Crippen LogP contribution in [0.1, 0.15) is 26.7 Å². The number of halogens is 2. The van der Waals surface area contributed by atoms with Crippen molar-refractivity contribution in [3.05, 3.63) is 29.3 Å². The van der Waals surface area contributed by atoms with E-state index in [9.17, 15) is 0 Å². The first-order chi connectivity index (χ1) is 13.1. The van der Waals surface area contributed by atoms with Gasteiger partial charge in [0.2, 0.25) is 0 Å². The molecule has 1 saturated heterocycles. The summed E-state index contributed by atoms with van der Waals surface area (Å²) in [6, 6.07) is 7.91. The normalized spacial score (nSPS) is 16.9. The van der Waals surface area contributed by atoms with Crippen LogP contribution >= 0.6 is 35.6 Å². The number of nitrogens with zero attached hydrogens (tertiary/aromatic N) is 2. The topological polar surface area (TPSA) is 58.1 Å². The van der Waals surface area contributed by atoms with Crippen molar-refractivity contribution in [2.75, 3.05) is 46.4 Å². The Morgan fingerprint density at radius 3 is 2.75 bits per heavy atom. The van der Waals surface area contributed by atoms with Crippen LogP contribution in [0.3, 0.4) is 0 Å². The van der Waals surface area contributed by atoms with E-state index < -0.39 is 0 Å². The van der Waals surface area contributed by atoms with E-state index in [-0.39, 0.29) is 30.1 Å². The molecule has 1 aliphatic heterocycles. The molecular weight excluding hydrogens is 491 g/mol. The summed E-state index contributed by atoms with van der Waals surface area (Å²) in [4.78, 5) is 7.15. The first kappa shape index (κ1) is 25.3. The van der Waals surface area contributed by atoms with E-state index in [1.165, 1.54) is 0 Å². The van der Waals surface area contributed by atoms with E-state index in [1.807, 2.05) is 31.2 Å². The van der Waals surface area contributed by atoms with Crippen LogP contribution in [0.5, 0.6) is 5.75 Å². The molecule has 0 aromatic heterocycles. The average Bonchev–Trinajstić information content (AvgIpc) is 2.66. The molecule has 0 radical (unpaired) electrons. The molecule has 1 fully saturated rings. The second-order valence-corrected chi connectivity index (χ2v) is 7.29. The van der Waals surface area contributed by atoms with Crippen LogP contribution in [0, 0.1) is 0 Å². The Balaban J connectivity index is 0.00000392. The van der Waals surface area contributed by atoms with Crippen LogP contribution in [-0.4, -0.2) is 69.4 Å². The molecule has 1 aromatic carbocycles. The molecule has 0 saturated carbocycles. The Hall–Kier alpha value is -0.770. The molecule has 1 atom stereocenters. The zero-order chi connectivity index (χ0) is 19.5. The highest BCUT2D eigenvalue weighted by Gasteiger charge is 2.19. The lowest BCUT2D eigenvalue weighted by atomic mass is 10.1. The van der Waals surface area contributed by atoms with E-state index >= 15 is 0 Å². The van der Waals surface area contributed by atoms with Crippen molar-refractivity contribution in [2.45, 2.75) is 38.8 Å². The van der Waals surface area contributed by atoms with Gasteiger partial charge in [0.05, 0.1) is 13.2 Å². The fraction of sp³-hybridized carbons (Fsp3) is 0.650. The van der Waals surface area contributed by atoms with Gasteiger partial charge in [-0.05, 0) is 44.9 Å². The molecule has 0 aliphatic carbocycles. The Morgan fingerprint density at radius 1 is 1.36 bits per heavy atom. The molecule has 1 unspecified atom stereocenters.